The van der Waals surface area contributed by atoms with E-state index in [2.05, 4.69) is 21.5 Å². The van der Waals surface area contributed by atoms with Crippen molar-refractivity contribution in [2.24, 2.45) is 5.10 Å². The molecule has 1 N–H and O–H groups in total. The van der Waals surface area contributed by atoms with Gasteiger partial charge in [0.2, 0.25) is 0 Å². The fourth-order valence-electron chi connectivity index (χ4n) is 3.23. The summed E-state index contributed by atoms with van der Waals surface area (Å²) in [6.07, 6.45) is 2.04. The Balaban J connectivity index is 1.67. The van der Waals surface area contributed by atoms with Gasteiger partial charge in [-0.3, -0.25) is 14.9 Å². The average Bonchev–Trinajstić information content (AvgIpc) is 2.66. The molecular formula is C20H22N4O3. The number of carbonyl (C=O) groups excluding carboxylic acids is 1. The van der Waals surface area contributed by atoms with Gasteiger partial charge in [0.1, 0.15) is 0 Å². The summed E-state index contributed by atoms with van der Waals surface area (Å²) < 4.78 is 0. The summed E-state index contributed by atoms with van der Waals surface area (Å²) in [7, 11) is 0. The van der Waals surface area contributed by atoms with Gasteiger partial charge < -0.3 is 4.90 Å². The van der Waals surface area contributed by atoms with Crippen molar-refractivity contribution in [3.8, 4) is 0 Å². The third-order valence-corrected chi connectivity index (χ3v) is 4.71. The van der Waals surface area contributed by atoms with Crippen molar-refractivity contribution >= 4 is 23.0 Å². The second-order valence-corrected chi connectivity index (χ2v) is 6.64. The molecule has 1 aliphatic rings. The zero-order chi connectivity index (χ0) is 19.4. The maximum Gasteiger partial charge on any atom is 0.272 e. The van der Waals surface area contributed by atoms with Crippen molar-refractivity contribution < 1.29 is 9.72 Å². The van der Waals surface area contributed by atoms with Crippen molar-refractivity contribution in [3.05, 3.63) is 69.3 Å². The molecule has 2 aromatic carbocycles. The SMILES string of the molecule is C/C(=N/NC(=O)CN1CCCc2ccccc21)c1ccc(C)c([N+](=O)[O-])c1. The number of aryl methyl sites for hydroxylation is 2. The van der Waals surface area contributed by atoms with Crippen molar-refractivity contribution in [1.82, 2.24) is 5.43 Å². The van der Waals surface area contributed by atoms with Crippen LogP contribution in [-0.4, -0.2) is 29.6 Å². The maximum atomic E-state index is 12.3. The molecule has 0 aliphatic carbocycles. The van der Waals surface area contributed by atoms with Crippen LogP contribution in [0, 0.1) is 17.0 Å². The van der Waals surface area contributed by atoms with E-state index in [1.54, 1.807) is 26.0 Å². The first-order chi connectivity index (χ1) is 13.0. The van der Waals surface area contributed by atoms with Crippen LogP contribution in [0.2, 0.25) is 0 Å². The van der Waals surface area contributed by atoms with Gasteiger partial charge >= 0.3 is 0 Å². The van der Waals surface area contributed by atoms with E-state index in [0.717, 1.165) is 25.1 Å². The Kier molecular flexibility index (Phi) is 5.49. The van der Waals surface area contributed by atoms with Crippen LogP contribution in [0.4, 0.5) is 11.4 Å². The zero-order valence-corrected chi connectivity index (χ0v) is 15.4. The smallest absolute Gasteiger partial charge is 0.272 e. The van der Waals surface area contributed by atoms with Crippen molar-refractivity contribution in [1.29, 1.82) is 0 Å². The number of anilines is 1. The molecule has 0 unspecified atom stereocenters. The third-order valence-electron chi connectivity index (χ3n) is 4.71. The zero-order valence-electron chi connectivity index (χ0n) is 15.4. The monoisotopic (exact) mass is 366 g/mol. The number of hydrogen-bond donors (Lipinski definition) is 1. The number of nitro benzene ring substituents is 1. The van der Waals surface area contributed by atoms with Crippen molar-refractivity contribution in [3.63, 3.8) is 0 Å². The highest BCUT2D eigenvalue weighted by atomic mass is 16.6. The minimum Gasteiger partial charge on any atom is -0.362 e. The molecule has 0 radical (unpaired) electrons. The summed E-state index contributed by atoms with van der Waals surface area (Å²) in [5.74, 6) is -0.215. The lowest BCUT2D eigenvalue weighted by Gasteiger charge is -2.30. The van der Waals surface area contributed by atoms with Crippen LogP contribution in [0.3, 0.4) is 0 Å². The van der Waals surface area contributed by atoms with Crippen LogP contribution in [0.25, 0.3) is 0 Å². The van der Waals surface area contributed by atoms with Crippen LogP contribution < -0.4 is 10.3 Å². The fourth-order valence-corrected chi connectivity index (χ4v) is 3.23. The maximum absolute atomic E-state index is 12.3. The first-order valence-electron chi connectivity index (χ1n) is 8.87. The Hall–Kier alpha value is -3.22. The lowest BCUT2D eigenvalue weighted by molar-refractivity contribution is -0.385. The molecule has 7 heteroatoms. The summed E-state index contributed by atoms with van der Waals surface area (Å²) in [6.45, 7) is 4.45. The Morgan fingerprint density at radius 1 is 1.30 bits per heavy atom. The third kappa shape index (κ3) is 4.31. The standard InChI is InChI=1S/C20H22N4O3/c1-14-9-10-17(12-19(14)24(26)27)15(2)21-22-20(25)13-23-11-5-7-16-6-3-4-8-18(16)23/h3-4,6,8-10,12H,5,7,11,13H2,1-2H3,(H,22,25)/b21-15-. The molecule has 3 rings (SSSR count). The van der Waals surface area contributed by atoms with Gasteiger partial charge in [0.05, 0.1) is 17.2 Å². The van der Waals surface area contributed by atoms with Gasteiger partial charge in [-0.1, -0.05) is 30.3 Å². The molecule has 1 aliphatic heterocycles. The average molecular weight is 366 g/mol. The molecule has 0 spiro atoms. The number of nitrogens with zero attached hydrogens (tertiary/aromatic N) is 3. The summed E-state index contributed by atoms with van der Waals surface area (Å²) in [6, 6.07) is 13.0. The van der Waals surface area contributed by atoms with E-state index >= 15 is 0 Å². The minimum absolute atomic E-state index is 0.0401. The van der Waals surface area contributed by atoms with Gasteiger partial charge in [0.15, 0.2) is 0 Å². The first kappa shape index (κ1) is 18.6. The molecule has 1 amide bonds. The second-order valence-electron chi connectivity index (χ2n) is 6.64. The van der Waals surface area contributed by atoms with Gasteiger partial charge in [0.25, 0.3) is 11.6 Å². The number of rotatable bonds is 5. The van der Waals surface area contributed by atoms with E-state index in [0.29, 0.717) is 16.8 Å². The van der Waals surface area contributed by atoms with Crippen molar-refractivity contribution in [2.75, 3.05) is 18.0 Å². The van der Waals surface area contributed by atoms with E-state index in [-0.39, 0.29) is 18.1 Å². The molecular weight excluding hydrogens is 344 g/mol. The molecule has 140 valence electrons. The molecule has 7 nitrogen and oxygen atoms in total. The Labute approximate surface area is 157 Å². The van der Waals surface area contributed by atoms with Crippen LogP contribution in [-0.2, 0) is 11.2 Å². The van der Waals surface area contributed by atoms with E-state index < -0.39 is 4.92 Å². The highest BCUT2D eigenvalue weighted by Crippen LogP contribution is 2.26. The van der Waals surface area contributed by atoms with Crippen LogP contribution in [0.15, 0.2) is 47.6 Å². The number of nitrogens with one attached hydrogen (secondary N) is 1. The Morgan fingerprint density at radius 2 is 2.07 bits per heavy atom. The molecule has 27 heavy (non-hydrogen) atoms. The topological polar surface area (TPSA) is 87.8 Å². The molecule has 0 saturated heterocycles. The number of hydrazone groups is 1. The summed E-state index contributed by atoms with van der Waals surface area (Å²) in [5, 5.41) is 15.2. The number of benzene rings is 2. The predicted molar refractivity (Wildman–Crippen MR) is 105 cm³/mol. The Bertz CT molecular complexity index is 908. The van der Waals surface area contributed by atoms with Crippen LogP contribution in [0.1, 0.15) is 30.0 Å². The molecule has 2 aromatic rings. The quantitative estimate of drug-likeness (QED) is 0.500. The van der Waals surface area contributed by atoms with Crippen LogP contribution in [0.5, 0.6) is 0 Å². The van der Waals surface area contributed by atoms with Crippen molar-refractivity contribution in [2.45, 2.75) is 26.7 Å². The normalized spacial score (nSPS) is 13.9. The highest BCUT2D eigenvalue weighted by molar-refractivity contribution is 6.00. The van der Waals surface area contributed by atoms with Crippen LogP contribution >= 0.6 is 0 Å². The van der Waals surface area contributed by atoms with E-state index in [1.807, 2.05) is 18.2 Å². The molecule has 0 atom stereocenters. The van der Waals surface area contributed by atoms with Gasteiger partial charge in [-0.15, -0.1) is 0 Å². The predicted octanol–water partition coefficient (Wildman–Crippen LogP) is 3.20. The summed E-state index contributed by atoms with van der Waals surface area (Å²) >= 11 is 0. The number of fused-ring (bicyclic) bond motifs is 1. The van der Waals surface area contributed by atoms with Gasteiger partial charge in [-0.05, 0) is 38.3 Å². The first-order valence-corrected chi connectivity index (χ1v) is 8.87. The Morgan fingerprint density at radius 3 is 2.85 bits per heavy atom. The fraction of sp³-hybridized carbons (Fsp3) is 0.300. The summed E-state index contributed by atoms with van der Waals surface area (Å²) in [5.41, 5.74) is 6.66. The van der Waals surface area contributed by atoms with E-state index in [4.69, 9.17) is 0 Å². The number of carbonyl (C=O) groups is 1. The molecule has 0 bridgehead atoms. The number of hydrogen-bond acceptors (Lipinski definition) is 5. The van der Waals surface area contributed by atoms with E-state index in [1.165, 1.54) is 11.6 Å². The van der Waals surface area contributed by atoms with Gasteiger partial charge in [-0.2, -0.15) is 5.10 Å². The lowest BCUT2D eigenvalue weighted by Crippen LogP contribution is -2.38. The molecule has 0 saturated carbocycles. The van der Waals surface area contributed by atoms with Gasteiger partial charge in [-0.25, -0.2) is 5.43 Å². The molecule has 1 heterocycles. The van der Waals surface area contributed by atoms with Gasteiger partial charge in [0, 0.05) is 29.4 Å². The van der Waals surface area contributed by atoms with E-state index in [9.17, 15) is 14.9 Å². The minimum atomic E-state index is -0.418. The molecule has 0 aromatic heterocycles. The summed E-state index contributed by atoms with van der Waals surface area (Å²) in [4.78, 5) is 25.0. The number of para-hydroxylation sites is 1. The lowest BCUT2D eigenvalue weighted by atomic mass is 10.0. The number of amides is 1. The number of nitro groups is 1. The highest BCUT2D eigenvalue weighted by Gasteiger charge is 2.18. The largest absolute Gasteiger partial charge is 0.362 e. The molecule has 0 fully saturated rings. The second kappa shape index (κ2) is 7.99.